The molecule has 0 spiro atoms. The van der Waals surface area contributed by atoms with Gasteiger partial charge in [0.1, 0.15) is 5.75 Å². The second-order valence-electron chi connectivity index (χ2n) is 8.59. The fourth-order valence-corrected chi connectivity index (χ4v) is 4.58. The van der Waals surface area contributed by atoms with Gasteiger partial charge in [-0.15, -0.1) is 6.42 Å². The normalized spacial score (nSPS) is 15.6. The lowest BCUT2D eigenvalue weighted by molar-refractivity contribution is -0.112. The lowest BCUT2D eigenvalue weighted by Crippen LogP contribution is -2.28. The zero-order chi connectivity index (χ0) is 25.4. The third-order valence-corrected chi connectivity index (χ3v) is 6.30. The molecule has 178 valence electrons. The number of benzene rings is 3. The number of aromatic hydroxyl groups is 1. The van der Waals surface area contributed by atoms with E-state index in [4.69, 9.17) is 6.42 Å². The Labute approximate surface area is 207 Å². The van der Waals surface area contributed by atoms with Crippen LogP contribution in [0.2, 0.25) is 0 Å². The van der Waals surface area contributed by atoms with Crippen LogP contribution in [0.4, 0.5) is 11.4 Å². The number of carboxylic acids is 1. The Morgan fingerprint density at radius 2 is 1.97 bits per heavy atom. The van der Waals surface area contributed by atoms with Gasteiger partial charge in [0.2, 0.25) is 0 Å². The molecule has 8 nitrogen and oxygen atoms in total. The molecule has 0 unspecified atom stereocenters. The second kappa shape index (κ2) is 9.04. The first-order chi connectivity index (χ1) is 17.4. The number of fused-ring (bicyclic) bond motifs is 1. The number of amides is 1. The minimum absolute atomic E-state index is 0.0545. The third-order valence-electron chi connectivity index (χ3n) is 6.30. The number of carbonyl (C=O) groups is 2. The Hall–Kier alpha value is -4.90. The van der Waals surface area contributed by atoms with Gasteiger partial charge in [-0.2, -0.15) is 15.2 Å². The van der Waals surface area contributed by atoms with Crippen LogP contribution in [-0.2, 0) is 17.6 Å². The molecule has 1 amide bonds. The summed E-state index contributed by atoms with van der Waals surface area (Å²) in [6.07, 6.45) is 8.00. The molecule has 2 aliphatic rings. The smallest absolute Gasteiger partial charge is 0.335 e. The monoisotopic (exact) mass is 478 g/mol. The second-order valence-corrected chi connectivity index (χ2v) is 8.59. The van der Waals surface area contributed by atoms with Crippen LogP contribution in [0.25, 0.3) is 11.1 Å². The van der Waals surface area contributed by atoms with Crippen LogP contribution in [0.1, 0.15) is 40.4 Å². The predicted octanol–water partition coefficient (Wildman–Crippen LogP) is 4.42. The topological polar surface area (TPSA) is 115 Å². The van der Waals surface area contributed by atoms with Crippen molar-refractivity contribution in [2.24, 2.45) is 10.2 Å². The van der Waals surface area contributed by atoms with E-state index < -0.39 is 11.9 Å². The fraction of sp³-hybridized carbons (Fsp3) is 0.143. The molecule has 3 aromatic rings. The van der Waals surface area contributed by atoms with Crippen LogP contribution < -0.4 is 10.4 Å². The molecule has 0 saturated heterocycles. The molecule has 3 N–H and O–H groups in total. The van der Waals surface area contributed by atoms with E-state index in [-0.39, 0.29) is 17.0 Å². The number of carboxylic acid groups (broad SMARTS) is 1. The Bertz CT molecular complexity index is 1530. The number of phenols is 1. The van der Waals surface area contributed by atoms with Crippen molar-refractivity contribution in [2.75, 3.05) is 10.4 Å². The van der Waals surface area contributed by atoms with Gasteiger partial charge in [0, 0.05) is 11.1 Å². The molecular formula is C28H22N4O4. The Kier molecular flexibility index (Phi) is 5.74. The summed E-state index contributed by atoms with van der Waals surface area (Å²) in [4.78, 5) is 24.6. The van der Waals surface area contributed by atoms with Gasteiger partial charge in [0.05, 0.1) is 22.6 Å². The van der Waals surface area contributed by atoms with Crippen molar-refractivity contribution in [1.82, 2.24) is 0 Å². The number of aryl methyl sites for hydroxylation is 1. The van der Waals surface area contributed by atoms with E-state index in [1.54, 1.807) is 49.4 Å². The number of hydrogen-bond acceptors (Lipinski definition) is 6. The van der Waals surface area contributed by atoms with E-state index >= 15 is 0 Å². The van der Waals surface area contributed by atoms with Gasteiger partial charge in [-0.3, -0.25) is 10.2 Å². The van der Waals surface area contributed by atoms with Crippen molar-refractivity contribution < 1.29 is 19.8 Å². The first kappa shape index (κ1) is 22.9. The minimum Gasteiger partial charge on any atom is -0.505 e. The SMILES string of the molecule is C#Cc1cccc(N2N=C(C)/C(=N/Nc3cc4c(c(-c5cccc(C(=O)O)c5)c3O)CCC4)C2=O)c1. The van der Waals surface area contributed by atoms with Gasteiger partial charge >= 0.3 is 11.9 Å². The molecule has 0 radical (unpaired) electrons. The molecule has 0 atom stereocenters. The number of phenolic OH excluding ortho intramolecular Hbond substituents is 1. The highest BCUT2D eigenvalue weighted by Crippen LogP contribution is 2.44. The zero-order valence-electron chi connectivity index (χ0n) is 19.4. The maximum absolute atomic E-state index is 13.1. The Morgan fingerprint density at radius 1 is 1.17 bits per heavy atom. The summed E-state index contributed by atoms with van der Waals surface area (Å²) in [5, 5.41) is 30.5. The molecule has 1 aliphatic carbocycles. The summed E-state index contributed by atoms with van der Waals surface area (Å²) < 4.78 is 0. The quantitative estimate of drug-likeness (QED) is 0.285. The summed E-state index contributed by atoms with van der Waals surface area (Å²) in [6, 6.07) is 15.2. The van der Waals surface area contributed by atoms with Crippen molar-refractivity contribution in [3.8, 4) is 29.2 Å². The Morgan fingerprint density at radius 3 is 2.75 bits per heavy atom. The van der Waals surface area contributed by atoms with E-state index in [1.807, 2.05) is 6.07 Å². The molecule has 36 heavy (non-hydrogen) atoms. The number of hydrogen-bond donors (Lipinski definition) is 3. The van der Waals surface area contributed by atoms with Crippen molar-refractivity contribution in [1.29, 1.82) is 0 Å². The van der Waals surface area contributed by atoms with E-state index in [1.165, 1.54) is 11.1 Å². The van der Waals surface area contributed by atoms with Crippen molar-refractivity contribution in [3.63, 3.8) is 0 Å². The van der Waals surface area contributed by atoms with Crippen LogP contribution >= 0.6 is 0 Å². The number of anilines is 2. The van der Waals surface area contributed by atoms with Gasteiger partial charge in [0.15, 0.2) is 5.71 Å². The number of nitrogens with one attached hydrogen (secondary N) is 1. The molecule has 5 rings (SSSR count). The van der Waals surface area contributed by atoms with E-state index in [0.29, 0.717) is 33.8 Å². The van der Waals surface area contributed by atoms with Crippen molar-refractivity contribution in [2.45, 2.75) is 26.2 Å². The van der Waals surface area contributed by atoms with Gasteiger partial charge in [-0.05, 0) is 79.3 Å². The van der Waals surface area contributed by atoms with Gasteiger partial charge in [-0.1, -0.05) is 24.1 Å². The lowest BCUT2D eigenvalue weighted by Gasteiger charge is -2.16. The van der Waals surface area contributed by atoms with Gasteiger partial charge in [-0.25, -0.2) is 4.79 Å². The first-order valence-electron chi connectivity index (χ1n) is 11.4. The van der Waals surface area contributed by atoms with E-state index in [9.17, 15) is 19.8 Å². The molecule has 3 aromatic carbocycles. The van der Waals surface area contributed by atoms with Crippen LogP contribution in [0.5, 0.6) is 5.75 Å². The molecule has 1 aliphatic heterocycles. The number of rotatable bonds is 5. The number of hydrazone groups is 2. The van der Waals surface area contributed by atoms with Crippen LogP contribution in [0, 0.1) is 12.3 Å². The average molecular weight is 479 g/mol. The standard InChI is InChI=1S/C28H22N4O4/c1-3-17-7-4-11-21(13-17)32-27(34)25(16(2)31-32)30-29-23-15-18-8-6-12-22(18)24(26(23)33)19-9-5-10-20(14-19)28(35)36/h1,4-5,7,9-11,13-15,29,33H,6,8,12H2,2H3,(H,35,36)/b30-25-. The maximum atomic E-state index is 13.1. The summed E-state index contributed by atoms with van der Waals surface area (Å²) in [5.74, 6) is 1.02. The average Bonchev–Trinajstić information content (AvgIpc) is 3.46. The predicted molar refractivity (Wildman–Crippen MR) is 139 cm³/mol. The fourth-order valence-electron chi connectivity index (χ4n) is 4.58. The summed E-state index contributed by atoms with van der Waals surface area (Å²) in [6.45, 7) is 1.68. The molecule has 0 bridgehead atoms. The molecule has 0 saturated carbocycles. The van der Waals surface area contributed by atoms with Gasteiger partial charge in [0.25, 0.3) is 0 Å². The highest BCUT2D eigenvalue weighted by Gasteiger charge is 2.31. The largest absolute Gasteiger partial charge is 0.505 e. The van der Waals surface area contributed by atoms with Crippen LogP contribution in [-0.4, -0.2) is 33.5 Å². The molecule has 0 aromatic heterocycles. The highest BCUT2D eigenvalue weighted by atomic mass is 16.4. The number of aromatic carboxylic acids is 1. The van der Waals surface area contributed by atoms with Gasteiger partial charge < -0.3 is 10.2 Å². The molecule has 0 fully saturated rings. The molecular weight excluding hydrogens is 456 g/mol. The summed E-state index contributed by atoms with van der Waals surface area (Å²) in [5.41, 5.74) is 8.19. The minimum atomic E-state index is -1.04. The number of terminal acetylenes is 1. The zero-order valence-corrected chi connectivity index (χ0v) is 19.4. The molecule has 1 heterocycles. The van der Waals surface area contributed by atoms with Crippen molar-refractivity contribution in [3.05, 3.63) is 76.9 Å². The van der Waals surface area contributed by atoms with Crippen LogP contribution in [0.3, 0.4) is 0 Å². The Balaban J connectivity index is 1.50. The van der Waals surface area contributed by atoms with E-state index in [2.05, 4.69) is 21.5 Å². The first-order valence-corrected chi connectivity index (χ1v) is 11.4. The number of carbonyl (C=O) groups excluding carboxylic acids is 1. The van der Waals surface area contributed by atoms with Crippen LogP contribution in [0.15, 0.2) is 64.8 Å². The highest BCUT2D eigenvalue weighted by molar-refractivity contribution is 6.71. The lowest BCUT2D eigenvalue weighted by atomic mass is 9.93. The number of nitrogens with zero attached hydrogens (tertiary/aromatic N) is 3. The third kappa shape index (κ3) is 3.97. The van der Waals surface area contributed by atoms with E-state index in [0.717, 1.165) is 30.4 Å². The molecule has 8 heteroatoms. The summed E-state index contributed by atoms with van der Waals surface area (Å²) in [7, 11) is 0. The van der Waals surface area contributed by atoms with Crippen molar-refractivity contribution >= 4 is 34.7 Å². The maximum Gasteiger partial charge on any atom is 0.335 e. The summed E-state index contributed by atoms with van der Waals surface area (Å²) >= 11 is 0.